The van der Waals surface area contributed by atoms with Crippen molar-refractivity contribution in [2.45, 2.75) is 0 Å². The molecule has 0 unspecified atom stereocenters. The van der Waals surface area contributed by atoms with Gasteiger partial charge in [-0.15, -0.1) is 0 Å². The van der Waals surface area contributed by atoms with Gasteiger partial charge in [-0.3, -0.25) is 0 Å². The van der Waals surface area contributed by atoms with Crippen LogP contribution in [0.15, 0.2) is 48.1 Å². The second-order valence-corrected chi connectivity index (χ2v) is 3.98. The third kappa shape index (κ3) is 1.37. The van der Waals surface area contributed by atoms with Gasteiger partial charge in [-0.2, -0.15) is 4.40 Å². The van der Waals surface area contributed by atoms with Crippen LogP contribution in [0.5, 0.6) is 0 Å². The molecule has 0 aliphatic carbocycles. The summed E-state index contributed by atoms with van der Waals surface area (Å²) in [5.74, 6) is 0. The van der Waals surface area contributed by atoms with E-state index in [1.807, 2.05) is 0 Å². The van der Waals surface area contributed by atoms with E-state index < -0.39 is 0 Å². The lowest BCUT2D eigenvalue weighted by Crippen LogP contribution is -3.00. The first kappa shape index (κ1) is 9.44. The van der Waals surface area contributed by atoms with Gasteiger partial charge in [-0.05, 0) is 11.5 Å². The summed E-state index contributed by atoms with van der Waals surface area (Å²) in [6.45, 7) is 0. The van der Waals surface area contributed by atoms with Crippen LogP contribution in [0, 0.1) is 0 Å². The zero-order chi connectivity index (χ0) is 8.67. The number of hydrogen-bond acceptors (Lipinski definition) is 1. The number of fused-ring (bicyclic) bond motifs is 2. The first-order chi connectivity index (χ1) is 6.43. The average molecular weight is 222 g/mol. The Bertz CT molecular complexity index is 524. The largest absolute Gasteiger partial charge is 1.00 e. The highest BCUT2D eigenvalue weighted by atomic mass is 35.5. The summed E-state index contributed by atoms with van der Waals surface area (Å²) < 4.78 is 2.16. The molecular weight excluding hydrogens is 214 g/mol. The number of rotatable bonds is 0. The van der Waals surface area contributed by atoms with E-state index in [9.17, 15) is 0 Å². The summed E-state index contributed by atoms with van der Waals surface area (Å²) in [4.78, 5) is 1.29. The Labute approximate surface area is 92.0 Å². The van der Waals surface area contributed by atoms with Gasteiger partial charge < -0.3 is 12.4 Å². The van der Waals surface area contributed by atoms with Crippen LogP contribution in [0.1, 0.15) is 0 Å². The van der Waals surface area contributed by atoms with Gasteiger partial charge in [0.25, 0.3) is 4.83 Å². The van der Waals surface area contributed by atoms with E-state index in [1.165, 1.54) is 15.6 Å². The number of benzene rings is 1. The Hall–Kier alpha value is -1.12. The highest BCUT2D eigenvalue weighted by Gasteiger charge is 2.04. The maximum Gasteiger partial charge on any atom is 0.267 e. The van der Waals surface area contributed by atoms with Crippen molar-refractivity contribution in [2.75, 3.05) is 0 Å². The first-order valence-corrected chi connectivity index (χ1v) is 5.09. The van der Waals surface area contributed by atoms with Gasteiger partial charge in [0.1, 0.15) is 0 Å². The molecule has 14 heavy (non-hydrogen) atoms. The Morgan fingerprint density at radius 2 is 1.86 bits per heavy atom. The van der Waals surface area contributed by atoms with Crippen LogP contribution < -0.4 is 16.8 Å². The Morgan fingerprint density at radius 1 is 1.07 bits per heavy atom. The summed E-state index contributed by atoms with van der Waals surface area (Å²) in [6, 6.07) is 10.7. The van der Waals surface area contributed by atoms with E-state index in [-0.39, 0.29) is 12.4 Å². The molecule has 0 fully saturated rings. The van der Waals surface area contributed by atoms with Crippen LogP contribution in [0.25, 0.3) is 15.6 Å². The minimum atomic E-state index is 0. The first-order valence-electron chi connectivity index (χ1n) is 4.21. The number of halogens is 1. The topological polar surface area (TPSA) is 4.10 Å². The second kappa shape index (κ2) is 3.56. The molecule has 3 aromatic rings. The molecule has 1 nitrogen and oxygen atoms in total. The predicted octanol–water partition coefficient (Wildman–Crippen LogP) is -0.356. The van der Waals surface area contributed by atoms with Gasteiger partial charge in [-0.25, -0.2) is 0 Å². The summed E-state index contributed by atoms with van der Waals surface area (Å²) in [5.41, 5.74) is 0. The molecule has 0 atom stereocenters. The minimum absolute atomic E-state index is 0. The third-order valence-corrected chi connectivity index (χ3v) is 3.05. The van der Waals surface area contributed by atoms with Gasteiger partial charge in [0, 0.05) is 11.5 Å². The average Bonchev–Trinajstić information content (AvgIpc) is 2.61. The van der Waals surface area contributed by atoms with Crippen molar-refractivity contribution in [1.82, 2.24) is 0 Å². The number of thiazole rings is 1. The van der Waals surface area contributed by atoms with Crippen molar-refractivity contribution in [2.24, 2.45) is 0 Å². The SMILES string of the molecule is [Cl-].c1ccc2c[n+]3ccsc3cc2c1. The van der Waals surface area contributed by atoms with E-state index >= 15 is 0 Å². The molecular formula is C11H8ClNS. The van der Waals surface area contributed by atoms with E-state index in [4.69, 9.17) is 0 Å². The quantitative estimate of drug-likeness (QED) is 0.457. The van der Waals surface area contributed by atoms with E-state index in [0.717, 1.165) is 0 Å². The van der Waals surface area contributed by atoms with Gasteiger partial charge >= 0.3 is 0 Å². The molecule has 0 aliphatic heterocycles. The number of pyridine rings is 1. The van der Waals surface area contributed by atoms with Crippen molar-refractivity contribution in [3.63, 3.8) is 0 Å². The Morgan fingerprint density at radius 3 is 2.71 bits per heavy atom. The number of hydrogen-bond donors (Lipinski definition) is 0. The van der Waals surface area contributed by atoms with Crippen LogP contribution in [0.3, 0.4) is 0 Å². The van der Waals surface area contributed by atoms with Crippen LogP contribution in [-0.4, -0.2) is 0 Å². The van der Waals surface area contributed by atoms with Crippen molar-refractivity contribution >= 4 is 26.9 Å². The van der Waals surface area contributed by atoms with Gasteiger partial charge in [0.2, 0.25) is 0 Å². The predicted molar refractivity (Wildman–Crippen MR) is 55.0 cm³/mol. The smallest absolute Gasteiger partial charge is 0.267 e. The molecule has 0 amide bonds. The van der Waals surface area contributed by atoms with Crippen LogP contribution in [0.2, 0.25) is 0 Å². The second-order valence-electron chi connectivity index (χ2n) is 3.05. The minimum Gasteiger partial charge on any atom is -1.00 e. The van der Waals surface area contributed by atoms with Crippen LogP contribution in [-0.2, 0) is 0 Å². The highest BCUT2D eigenvalue weighted by molar-refractivity contribution is 7.15. The number of aromatic nitrogens is 1. The normalized spacial score (nSPS) is 10.3. The van der Waals surface area contributed by atoms with Crippen LogP contribution in [0.4, 0.5) is 0 Å². The summed E-state index contributed by atoms with van der Waals surface area (Å²) in [7, 11) is 0. The van der Waals surface area contributed by atoms with Gasteiger partial charge in [-0.1, -0.05) is 29.5 Å². The van der Waals surface area contributed by atoms with E-state index in [1.54, 1.807) is 11.3 Å². The molecule has 3 rings (SSSR count). The standard InChI is InChI=1S/C11H8NS.ClH/c1-2-4-10-8-12-5-6-13-11(12)7-9(10)3-1;/h1-8H;1H/q+1;/p-1. The molecule has 0 saturated carbocycles. The maximum atomic E-state index is 2.22. The molecule has 2 aromatic heterocycles. The zero-order valence-electron chi connectivity index (χ0n) is 7.35. The van der Waals surface area contributed by atoms with Crippen LogP contribution >= 0.6 is 11.3 Å². The molecule has 70 valence electrons. The summed E-state index contributed by atoms with van der Waals surface area (Å²) in [6.07, 6.45) is 4.26. The molecule has 3 heteroatoms. The molecule has 0 aliphatic rings. The molecule has 0 bridgehead atoms. The van der Waals surface area contributed by atoms with E-state index in [2.05, 4.69) is 52.5 Å². The monoisotopic (exact) mass is 221 g/mol. The molecule has 2 heterocycles. The van der Waals surface area contributed by atoms with Crippen molar-refractivity contribution in [3.05, 3.63) is 48.1 Å². The highest BCUT2D eigenvalue weighted by Crippen LogP contribution is 2.15. The van der Waals surface area contributed by atoms with Gasteiger partial charge in [0.15, 0.2) is 12.4 Å². The Kier molecular flexibility index (Phi) is 2.40. The number of nitrogens with zero attached hydrogens (tertiary/aromatic N) is 1. The fourth-order valence-corrected chi connectivity index (χ4v) is 2.32. The Balaban J connectivity index is 0.000000750. The molecule has 0 saturated heterocycles. The summed E-state index contributed by atoms with van der Waals surface area (Å²) >= 11 is 1.77. The summed E-state index contributed by atoms with van der Waals surface area (Å²) in [5, 5.41) is 4.71. The van der Waals surface area contributed by atoms with Crippen molar-refractivity contribution in [1.29, 1.82) is 0 Å². The molecule has 0 radical (unpaired) electrons. The molecule has 1 aromatic carbocycles. The fourth-order valence-electron chi connectivity index (χ4n) is 1.56. The van der Waals surface area contributed by atoms with Crippen molar-refractivity contribution < 1.29 is 16.8 Å². The lowest BCUT2D eigenvalue weighted by molar-refractivity contribution is -0.505. The zero-order valence-corrected chi connectivity index (χ0v) is 8.92. The lowest BCUT2D eigenvalue weighted by Gasteiger charge is -1.91. The van der Waals surface area contributed by atoms with E-state index in [0.29, 0.717) is 0 Å². The van der Waals surface area contributed by atoms with Crippen molar-refractivity contribution in [3.8, 4) is 0 Å². The maximum absolute atomic E-state index is 2.22. The third-order valence-electron chi connectivity index (χ3n) is 2.22. The molecule has 0 N–H and O–H groups in total. The van der Waals surface area contributed by atoms with Gasteiger partial charge in [0.05, 0.1) is 5.38 Å². The fraction of sp³-hybridized carbons (Fsp3) is 0. The molecule has 0 spiro atoms. The lowest BCUT2D eigenvalue weighted by atomic mass is 10.2.